The number of carbonyl (C=O) groups is 1. The van der Waals surface area contributed by atoms with E-state index in [1.165, 1.54) is 0 Å². The molecule has 0 N–H and O–H groups in total. The molecule has 2 unspecified atom stereocenters. The fourth-order valence-corrected chi connectivity index (χ4v) is 4.60. The zero-order valence-corrected chi connectivity index (χ0v) is 8.82. The molecule has 4 fully saturated rings. The lowest BCUT2D eigenvalue weighted by molar-refractivity contribution is -0.150. The standard InChI is InChI=1S/C11H14ClFO/c12-9(14)10-2-7-1-8(3-10)5-11(13,4-7)6-10/h7-8H,1-6H2. The predicted molar refractivity (Wildman–Crippen MR) is 51.8 cm³/mol. The highest BCUT2D eigenvalue weighted by Gasteiger charge is 2.60. The van der Waals surface area contributed by atoms with Crippen molar-refractivity contribution in [3.8, 4) is 0 Å². The fraction of sp³-hybridized carbons (Fsp3) is 0.909. The Hall–Kier alpha value is -0.110. The van der Waals surface area contributed by atoms with E-state index in [1.807, 2.05) is 0 Å². The molecule has 2 atom stereocenters. The summed E-state index contributed by atoms with van der Waals surface area (Å²) in [5, 5.41) is -0.284. The maximum Gasteiger partial charge on any atom is 0.227 e. The number of hydrogen-bond donors (Lipinski definition) is 0. The molecule has 4 rings (SSSR count). The molecule has 4 saturated carbocycles. The van der Waals surface area contributed by atoms with Crippen molar-refractivity contribution in [2.75, 3.05) is 0 Å². The van der Waals surface area contributed by atoms with E-state index in [-0.39, 0.29) is 5.24 Å². The highest BCUT2D eigenvalue weighted by atomic mass is 35.5. The quantitative estimate of drug-likeness (QED) is 0.616. The van der Waals surface area contributed by atoms with Gasteiger partial charge in [-0.25, -0.2) is 4.39 Å². The van der Waals surface area contributed by atoms with Crippen molar-refractivity contribution < 1.29 is 9.18 Å². The van der Waals surface area contributed by atoms with Crippen LogP contribution in [0.3, 0.4) is 0 Å². The molecule has 0 amide bonds. The molecular weight excluding hydrogens is 203 g/mol. The summed E-state index contributed by atoms with van der Waals surface area (Å²) in [6, 6.07) is 0. The highest BCUT2D eigenvalue weighted by molar-refractivity contribution is 6.64. The van der Waals surface area contributed by atoms with Gasteiger partial charge in [-0.1, -0.05) is 0 Å². The Bertz CT molecular complexity index is 288. The van der Waals surface area contributed by atoms with Crippen molar-refractivity contribution in [3.63, 3.8) is 0 Å². The average Bonchev–Trinajstić information content (AvgIpc) is 1.98. The third kappa shape index (κ3) is 1.09. The number of carbonyl (C=O) groups excluding carboxylic acids is 1. The van der Waals surface area contributed by atoms with Gasteiger partial charge in [0.2, 0.25) is 5.24 Å². The van der Waals surface area contributed by atoms with Crippen LogP contribution in [-0.4, -0.2) is 10.9 Å². The molecule has 14 heavy (non-hydrogen) atoms. The van der Waals surface area contributed by atoms with Crippen LogP contribution >= 0.6 is 11.6 Å². The number of rotatable bonds is 1. The first-order valence-electron chi connectivity index (χ1n) is 5.40. The van der Waals surface area contributed by atoms with Gasteiger partial charge in [-0.05, 0) is 62.0 Å². The smallest absolute Gasteiger partial charge is 0.227 e. The molecule has 4 bridgehead atoms. The third-order valence-corrected chi connectivity index (χ3v) is 4.81. The minimum absolute atomic E-state index is 0.284. The molecule has 0 heterocycles. The average molecular weight is 217 g/mol. The minimum atomic E-state index is -1.06. The molecule has 4 aliphatic rings. The van der Waals surface area contributed by atoms with E-state index >= 15 is 0 Å². The molecule has 0 spiro atoms. The Morgan fingerprint density at radius 2 is 1.79 bits per heavy atom. The summed E-state index contributed by atoms with van der Waals surface area (Å²) in [5.41, 5.74) is -1.55. The molecular formula is C11H14ClFO. The van der Waals surface area contributed by atoms with Crippen molar-refractivity contribution in [2.45, 2.75) is 44.2 Å². The van der Waals surface area contributed by atoms with E-state index in [2.05, 4.69) is 0 Å². The van der Waals surface area contributed by atoms with Crippen molar-refractivity contribution >= 4 is 16.8 Å². The van der Waals surface area contributed by atoms with E-state index in [4.69, 9.17) is 11.6 Å². The summed E-state index contributed by atoms with van der Waals surface area (Å²) in [5.74, 6) is 0.841. The van der Waals surface area contributed by atoms with Gasteiger partial charge in [-0.3, -0.25) is 4.79 Å². The summed E-state index contributed by atoms with van der Waals surface area (Å²) in [7, 11) is 0. The maximum absolute atomic E-state index is 14.3. The third-order valence-electron chi connectivity index (χ3n) is 4.41. The highest BCUT2D eigenvalue weighted by Crippen LogP contribution is 2.63. The van der Waals surface area contributed by atoms with Gasteiger partial charge in [-0.15, -0.1) is 0 Å². The second-order valence-corrected chi connectivity index (χ2v) is 6.01. The Balaban J connectivity index is 2.00. The summed E-state index contributed by atoms with van der Waals surface area (Å²) >= 11 is 5.65. The first kappa shape index (κ1) is 9.14. The van der Waals surface area contributed by atoms with Crippen LogP contribution in [0.4, 0.5) is 4.39 Å². The first-order valence-corrected chi connectivity index (χ1v) is 5.78. The molecule has 3 heteroatoms. The van der Waals surface area contributed by atoms with Crippen molar-refractivity contribution in [2.24, 2.45) is 17.3 Å². The lowest BCUT2D eigenvalue weighted by Crippen LogP contribution is -2.55. The Kier molecular flexibility index (Phi) is 1.65. The molecule has 1 nitrogen and oxygen atoms in total. The van der Waals surface area contributed by atoms with Gasteiger partial charge in [0.25, 0.3) is 0 Å². The van der Waals surface area contributed by atoms with Crippen LogP contribution in [0.5, 0.6) is 0 Å². The van der Waals surface area contributed by atoms with Gasteiger partial charge in [-0.2, -0.15) is 0 Å². The summed E-state index contributed by atoms with van der Waals surface area (Å²) in [6.45, 7) is 0. The van der Waals surface area contributed by atoms with Crippen LogP contribution in [-0.2, 0) is 4.79 Å². The second kappa shape index (κ2) is 2.52. The topological polar surface area (TPSA) is 17.1 Å². The fourth-order valence-electron chi connectivity index (χ4n) is 4.38. The second-order valence-electron chi connectivity index (χ2n) is 5.67. The first-order chi connectivity index (χ1) is 6.51. The van der Waals surface area contributed by atoms with Crippen molar-refractivity contribution in [3.05, 3.63) is 0 Å². The number of halogens is 2. The molecule has 0 aromatic heterocycles. The van der Waals surface area contributed by atoms with Crippen LogP contribution in [0.2, 0.25) is 0 Å². The number of hydrogen-bond acceptors (Lipinski definition) is 1. The van der Waals surface area contributed by atoms with Crippen LogP contribution in [0.15, 0.2) is 0 Å². The SMILES string of the molecule is O=C(Cl)C12CC3CC(CC(F)(C3)C1)C2. The monoisotopic (exact) mass is 216 g/mol. The van der Waals surface area contributed by atoms with Crippen LogP contribution in [0.25, 0.3) is 0 Å². The van der Waals surface area contributed by atoms with Crippen LogP contribution in [0.1, 0.15) is 38.5 Å². The van der Waals surface area contributed by atoms with E-state index in [1.54, 1.807) is 0 Å². The van der Waals surface area contributed by atoms with Crippen molar-refractivity contribution in [1.29, 1.82) is 0 Å². The van der Waals surface area contributed by atoms with Gasteiger partial charge in [0.1, 0.15) is 5.67 Å². The van der Waals surface area contributed by atoms with Crippen LogP contribution < -0.4 is 0 Å². The molecule has 0 radical (unpaired) electrons. The minimum Gasteiger partial charge on any atom is -0.281 e. The molecule has 0 aromatic carbocycles. The van der Waals surface area contributed by atoms with Gasteiger partial charge in [0.15, 0.2) is 0 Å². The molecule has 0 saturated heterocycles. The van der Waals surface area contributed by atoms with Gasteiger partial charge in [0.05, 0.1) is 0 Å². The summed E-state index contributed by atoms with van der Waals surface area (Å²) < 4.78 is 14.3. The van der Waals surface area contributed by atoms with E-state index in [0.717, 1.165) is 19.3 Å². The Labute approximate surface area is 88.0 Å². The normalized spacial score (nSPS) is 55.0. The molecule has 4 aliphatic carbocycles. The van der Waals surface area contributed by atoms with Gasteiger partial charge < -0.3 is 0 Å². The zero-order valence-electron chi connectivity index (χ0n) is 8.06. The van der Waals surface area contributed by atoms with Gasteiger partial charge >= 0.3 is 0 Å². The predicted octanol–water partition coefficient (Wildman–Crippen LogP) is 3.06. The molecule has 0 aliphatic heterocycles. The van der Waals surface area contributed by atoms with E-state index in [9.17, 15) is 9.18 Å². The Morgan fingerprint density at radius 3 is 2.21 bits per heavy atom. The summed E-state index contributed by atoms with van der Waals surface area (Å²) in [6.07, 6.45) is 4.56. The lowest BCUT2D eigenvalue weighted by Gasteiger charge is -2.57. The largest absolute Gasteiger partial charge is 0.281 e. The lowest BCUT2D eigenvalue weighted by atomic mass is 9.49. The van der Waals surface area contributed by atoms with Crippen LogP contribution in [0, 0.1) is 17.3 Å². The van der Waals surface area contributed by atoms with E-state index < -0.39 is 11.1 Å². The van der Waals surface area contributed by atoms with Gasteiger partial charge in [0, 0.05) is 5.41 Å². The zero-order chi connectivity index (χ0) is 9.97. The summed E-state index contributed by atoms with van der Waals surface area (Å²) in [4.78, 5) is 11.4. The molecule has 0 aromatic rings. The van der Waals surface area contributed by atoms with E-state index in [0.29, 0.717) is 31.1 Å². The molecule has 78 valence electrons. The maximum atomic E-state index is 14.3. The number of alkyl halides is 1. The van der Waals surface area contributed by atoms with Crippen molar-refractivity contribution in [1.82, 2.24) is 0 Å². The Morgan fingerprint density at radius 1 is 1.21 bits per heavy atom.